The molecular formula is C12H16O6. The molecule has 1 aliphatic heterocycles. The Morgan fingerprint density at radius 3 is 2.44 bits per heavy atom. The van der Waals surface area contributed by atoms with Gasteiger partial charge in [-0.05, 0) is 12.1 Å². The number of para-hydroxylation sites is 1. The quantitative estimate of drug-likeness (QED) is 0.544. The average Bonchev–Trinajstić information content (AvgIpc) is 2.67. The molecule has 0 spiro atoms. The molecule has 0 aliphatic carbocycles. The van der Waals surface area contributed by atoms with Gasteiger partial charge in [0, 0.05) is 0 Å². The summed E-state index contributed by atoms with van der Waals surface area (Å²) in [6.07, 6.45) is -6.00. The molecule has 0 bridgehead atoms. The lowest BCUT2D eigenvalue weighted by atomic mass is 10.1. The first-order chi connectivity index (χ1) is 8.63. The Hall–Kier alpha value is -1.18. The van der Waals surface area contributed by atoms with Crippen LogP contribution in [0.4, 0.5) is 0 Å². The predicted octanol–water partition coefficient (Wildman–Crippen LogP) is -1.13. The fraction of sp³-hybridized carbons (Fsp3) is 0.500. The zero-order chi connectivity index (χ0) is 13.1. The summed E-state index contributed by atoms with van der Waals surface area (Å²) in [6.45, 7) is -0.563. The van der Waals surface area contributed by atoms with Gasteiger partial charge in [0.25, 0.3) is 0 Å². The van der Waals surface area contributed by atoms with Crippen LogP contribution < -0.4 is 4.74 Å². The second kappa shape index (κ2) is 5.64. The molecule has 0 saturated carbocycles. The lowest BCUT2D eigenvalue weighted by molar-refractivity contribution is -0.137. The molecule has 1 aliphatic rings. The van der Waals surface area contributed by atoms with Crippen LogP contribution >= 0.6 is 0 Å². The highest BCUT2D eigenvalue weighted by molar-refractivity contribution is 5.21. The number of hydrogen-bond donors (Lipinski definition) is 4. The molecule has 1 aromatic carbocycles. The molecule has 0 aromatic heterocycles. The van der Waals surface area contributed by atoms with Gasteiger partial charge < -0.3 is 29.9 Å². The number of hydrogen-bond acceptors (Lipinski definition) is 6. The lowest BCUT2D eigenvalue weighted by Crippen LogP contribution is -2.40. The highest BCUT2D eigenvalue weighted by Gasteiger charge is 2.47. The molecule has 0 amide bonds. The minimum atomic E-state index is -1.30. The van der Waals surface area contributed by atoms with Crippen LogP contribution in [0.5, 0.6) is 5.75 Å². The highest BCUT2D eigenvalue weighted by atomic mass is 16.7. The zero-order valence-electron chi connectivity index (χ0n) is 9.59. The van der Waals surface area contributed by atoms with Gasteiger partial charge in [-0.2, -0.15) is 0 Å². The number of rotatable bonds is 4. The van der Waals surface area contributed by atoms with Gasteiger partial charge in [0.15, 0.2) is 0 Å². The van der Waals surface area contributed by atoms with Crippen molar-refractivity contribution in [1.29, 1.82) is 0 Å². The standard InChI is InChI=1S/C12H16O6/c13-6-8(14)11-9(15)10(16)12(18-11)17-7-4-2-1-3-5-7/h1-5,8-16H,6H2/t8-,9-,10-,11-,12-/m1/s1. The van der Waals surface area contributed by atoms with Crippen LogP contribution in [-0.2, 0) is 4.74 Å². The second-order valence-corrected chi connectivity index (χ2v) is 4.13. The Bertz CT molecular complexity index is 370. The van der Waals surface area contributed by atoms with Gasteiger partial charge in [0.2, 0.25) is 6.29 Å². The normalized spacial score (nSPS) is 33.3. The molecule has 0 unspecified atom stereocenters. The first kappa shape index (κ1) is 13.3. The summed E-state index contributed by atoms with van der Waals surface area (Å²) in [5.41, 5.74) is 0. The maximum Gasteiger partial charge on any atom is 0.229 e. The van der Waals surface area contributed by atoms with Crippen LogP contribution in [0.1, 0.15) is 0 Å². The van der Waals surface area contributed by atoms with Crippen molar-refractivity contribution < 1.29 is 29.9 Å². The second-order valence-electron chi connectivity index (χ2n) is 4.13. The summed E-state index contributed by atoms with van der Waals surface area (Å²) >= 11 is 0. The first-order valence-electron chi connectivity index (χ1n) is 5.65. The van der Waals surface area contributed by atoms with E-state index in [9.17, 15) is 15.3 Å². The van der Waals surface area contributed by atoms with Crippen LogP contribution in [0.2, 0.25) is 0 Å². The molecule has 0 radical (unpaired) electrons. The van der Waals surface area contributed by atoms with E-state index in [4.69, 9.17) is 14.6 Å². The summed E-state index contributed by atoms with van der Waals surface area (Å²) in [7, 11) is 0. The van der Waals surface area contributed by atoms with Crippen molar-refractivity contribution in [3.63, 3.8) is 0 Å². The molecule has 1 fully saturated rings. The topological polar surface area (TPSA) is 99.4 Å². The Kier molecular flexibility index (Phi) is 4.15. The van der Waals surface area contributed by atoms with Crippen molar-refractivity contribution in [3.05, 3.63) is 30.3 Å². The first-order valence-corrected chi connectivity index (χ1v) is 5.65. The van der Waals surface area contributed by atoms with E-state index in [1.54, 1.807) is 24.3 Å². The van der Waals surface area contributed by atoms with Gasteiger partial charge in [-0.15, -0.1) is 0 Å². The molecule has 1 aromatic rings. The van der Waals surface area contributed by atoms with E-state index in [0.717, 1.165) is 0 Å². The van der Waals surface area contributed by atoms with Gasteiger partial charge in [-0.3, -0.25) is 0 Å². The molecule has 4 N–H and O–H groups in total. The van der Waals surface area contributed by atoms with Crippen molar-refractivity contribution in [3.8, 4) is 5.75 Å². The largest absolute Gasteiger partial charge is 0.462 e. The SMILES string of the molecule is OC[C@@H](O)[C@H]1O[C@@H](Oc2ccccc2)[C@H](O)[C@H]1O. The molecule has 5 atom stereocenters. The molecule has 1 saturated heterocycles. The fourth-order valence-corrected chi connectivity index (χ4v) is 1.82. The monoisotopic (exact) mass is 256 g/mol. The van der Waals surface area contributed by atoms with E-state index in [-0.39, 0.29) is 0 Å². The van der Waals surface area contributed by atoms with Gasteiger partial charge in [0.1, 0.15) is 30.2 Å². The maximum atomic E-state index is 9.74. The van der Waals surface area contributed by atoms with Gasteiger partial charge >= 0.3 is 0 Å². The molecule has 100 valence electrons. The third kappa shape index (κ3) is 2.63. The lowest BCUT2D eigenvalue weighted by Gasteiger charge is -2.18. The summed E-state index contributed by atoms with van der Waals surface area (Å²) in [5, 5.41) is 37.7. The van der Waals surface area contributed by atoms with E-state index in [1.165, 1.54) is 0 Å². The summed E-state index contributed by atoms with van der Waals surface area (Å²) in [5.74, 6) is 0.480. The summed E-state index contributed by atoms with van der Waals surface area (Å²) in [6, 6.07) is 8.68. The van der Waals surface area contributed by atoms with Crippen LogP contribution in [0.15, 0.2) is 30.3 Å². The number of ether oxygens (including phenoxy) is 2. The number of aliphatic hydroxyl groups excluding tert-OH is 4. The number of aliphatic hydroxyl groups is 4. The summed E-state index contributed by atoms with van der Waals surface area (Å²) in [4.78, 5) is 0. The van der Waals surface area contributed by atoms with E-state index in [2.05, 4.69) is 0 Å². The Balaban J connectivity index is 2.03. The average molecular weight is 256 g/mol. The van der Waals surface area contributed by atoms with Crippen molar-refractivity contribution in [2.45, 2.75) is 30.7 Å². The minimum absolute atomic E-state index is 0.480. The predicted molar refractivity (Wildman–Crippen MR) is 60.8 cm³/mol. The van der Waals surface area contributed by atoms with Gasteiger partial charge in [0.05, 0.1) is 6.61 Å². The van der Waals surface area contributed by atoms with Crippen molar-refractivity contribution in [2.24, 2.45) is 0 Å². The fourth-order valence-electron chi connectivity index (χ4n) is 1.82. The van der Waals surface area contributed by atoms with Gasteiger partial charge in [-0.1, -0.05) is 18.2 Å². The van der Waals surface area contributed by atoms with E-state index < -0.39 is 37.3 Å². The Labute approximate surface area is 104 Å². The molecule has 18 heavy (non-hydrogen) atoms. The highest BCUT2D eigenvalue weighted by Crippen LogP contribution is 2.26. The Morgan fingerprint density at radius 1 is 1.17 bits per heavy atom. The third-order valence-corrected chi connectivity index (χ3v) is 2.82. The minimum Gasteiger partial charge on any atom is -0.462 e. The van der Waals surface area contributed by atoms with E-state index in [1.807, 2.05) is 6.07 Å². The van der Waals surface area contributed by atoms with Crippen LogP contribution in [0, 0.1) is 0 Å². The van der Waals surface area contributed by atoms with Gasteiger partial charge in [-0.25, -0.2) is 0 Å². The zero-order valence-corrected chi connectivity index (χ0v) is 9.59. The van der Waals surface area contributed by atoms with Crippen LogP contribution in [-0.4, -0.2) is 57.7 Å². The Morgan fingerprint density at radius 2 is 1.83 bits per heavy atom. The van der Waals surface area contributed by atoms with Crippen molar-refractivity contribution in [1.82, 2.24) is 0 Å². The maximum absolute atomic E-state index is 9.74. The van der Waals surface area contributed by atoms with Crippen LogP contribution in [0.3, 0.4) is 0 Å². The number of benzene rings is 1. The molecule has 2 rings (SSSR count). The summed E-state index contributed by atoms with van der Waals surface area (Å²) < 4.78 is 10.6. The molecular weight excluding hydrogens is 240 g/mol. The van der Waals surface area contributed by atoms with Crippen molar-refractivity contribution >= 4 is 0 Å². The van der Waals surface area contributed by atoms with Crippen LogP contribution in [0.25, 0.3) is 0 Å². The third-order valence-electron chi connectivity index (χ3n) is 2.82. The molecule has 6 nitrogen and oxygen atoms in total. The molecule has 6 heteroatoms. The van der Waals surface area contributed by atoms with E-state index >= 15 is 0 Å². The smallest absolute Gasteiger partial charge is 0.229 e. The van der Waals surface area contributed by atoms with Crippen molar-refractivity contribution in [2.75, 3.05) is 6.61 Å². The van der Waals surface area contributed by atoms with E-state index in [0.29, 0.717) is 5.75 Å². The molecule has 1 heterocycles.